The van der Waals surface area contributed by atoms with Crippen LogP contribution in [0.4, 0.5) is 0 Å². The van der Waals surface area contributed by atoms with Gasteiger partial charge in [-0.3, -0.25) is 4.79 Å². The first-order chi connectivity index (χ1) is 9.56. The second-order valence-corrected chi connectivity index (χ2v) is 5.73. The number of nitrogens with zero attached hydrogens (tertiary/aromatic N) is 2. The van der Waals surface area contributed by atoms with Gasteiger partial charge in [-0.2, -0.15) is 0 Å². The summed E-state index contributed by atoms with van der Waals surface area (Å²) in [4.78, 5) is 16.3. The van der Waals surface area contributed by atoms with Gasteiger partial charge in [-0.25, -0.2) is 0 Å². The zero-order valence-electron chi connectivity index (χ0n) is 12.1. The van der Waals surface area contributed by atoms with E-state index in [1.165, 1.54) is 0 Å². The summed E-state index contributed by atoms with van der Waals surface area (Å²) in [5.74, 6) is 0.0806. The summed E-state index contributed by atoms with van der Waals surface area (Å²) in [6.45, 7) is 5.60. The molecule has 108 valence electrons. The molecule has 1 amide bonds. The molecule has 0 N–H and O–H groups in total. The minimum Gasteiger partial charge on any atom is -0.338 e. The number of benzene rings is 1. The summed E-state index contributed by atoms with van der Waals surface area (Å²) in [6, 6.07) is 5.82. The van der Waals surface area contributed by atoms with E-state index in [0.29, 0.717) is 0 Å². The molecule has 1 aromatic carbocycles. The molecule has 0 radical (unpaired) electrons. The highest BCUT2D eigenvalue weighted by molar-refractivity contribution is 6.31. The van der Waals surface area contributed by atoms with Crippen molar-refractivity contribution in [3.63, 3.8) is 0 Å². The van der Waals surface area contributed by atoms with Crippen molar-refractivity contribution in [2.45, 2.75) is 13.3 Å². The Labute approximate surface area is 125 Å². The van der Waals surface area contributed by atoms with Crippen LogP contribution in [0.2, 0.25) is 5.02 Å². The molecule has 0 bridgehead atoms. The maximum Gasteiger partial charge on any atom is 0.246 e. The van der Waals surface area contributed by atoms with Crippen molar-refractivity contribution in [1.29, 1.82) is 0 Å². The van der Waals surface area contributed by atoms with Gasteiger partial charge < -0.3 is 9.80 Å². The molecule has 0 spiro atoms. The van der Waals surface area contributed by atoms with Gasteiger partial charge in [0.05, 0.1) is 0 Å². The number of rotatable bonds is 2. The zero-order valence-corrected chi connectivity index (χ0v) is 12.9. The van der Waals surface area contributed by atoms with Gasteiger partial charge in [0, 0.05) is 30.7 Å². The van der Waals surface area contributed by atoms with Crippen LogP contribution >= 0.6 is 11.6 Å². The minimum atomic E-state index is 0.0806. The van der Waals surface area contributed by atoms with Crippen LogP contribution in [-0.4, -0.2) is 48.9 Å². The first-order valence-electron chi connectivity index (χ1n) is 6.98. The lowest BCUT2D eigenvalue weighted by molar-refractivity contribution is -0.125. The Morgan fingerprint density at radius 1 is 1.25 bits per heavy atom. The standard InChI is InChI=1S/C16H21ClN2O/c1-13-4-5-14(12-15(13)17)6-7-16(20)19-9-3-8-18(2)10-11-19/h4-7,12H,3,8-11H2,1-2H3/b7-6+. The van der Waals surface area contributed by atoms with Crippen LogP contribution in [0.5, 0.6) is 0 Å². The lowest BCUT2D eigenvalue weighted by atomic mass is 10.1. The number of likely N-dealkylation sites (N-methyl/N-ethyl adjacent to an activating group) is 1. The molecule has 1 aliphatic rings. The van der Waals surface area contributed by atoms with Crippen LogP contribution in [0.15, 0.2) is 24.3 Å². The van der Waals surface area contributed by atoms with Crippen molar-refractivity contribution < 1.29 is 4.79 Å². The van der Waals surface area contributed by atoms with Crippen molar-refractivity contribution in [3.05, 3.63) is 40.4 Å². The summed E-state index contributed by atoms with van der Waals surface area (Å²) < 4.78 is 0. The third-order valence-corrected chi connectivity index (χ3v) is 4.05. The fourth-order valence-electron chi connectivity index (χ4n) is 2.25. The first kappa shape index (κ1) is 15.1. The first-order valence-corrected chi connectivity index (χ1v) is 7.36. The van der Waals surface area contributed by atoms with Crippen molar-refractivity contribution in [2.24, 2.45) is 0 Å². The Hall–Kier alpha value is -1.32. The van der Waals surface area contributed by atoms with E-state index in [0.717, 1.165) is 48.7 Å². The highest BCUT2D eigenvalue weighted by Crippen LogP contribution is 2.17. The maximum absolute atomic E-state index is 12.2. The van der Waals surface area contributed by atoms with Crippen LogP contribution in [0.25, 0.3) is 6.08 Å². The topological polar surface area (TPSA) is 23.6 Å². The third kappa shape index (κ3) is 4.09. The van der Waals surface area contributed by atoms with Gasteiger partial charge in [0.15, 0.2) is 0 Å². The average molecular weight is 293 g/mol. The van der Waals surface area contributed by atoms with Gasteiger partial charge in [-0.05, 0) is 50.2 Å². The normalized spacial score (nSPS) is 17.4. The molecule has 20 heavy (non-hydrogen) atoms. The molecule has 0 unspecified atom stereocenters. The van der Waals surface area contributed by atoms with E-state index in [9.17, 15) is 4.79 Å². The molecule has 0 atom stereocenters. The molecule has 0 aliphatic carbocycles. The van der Waals surface area contributed by atoms with Gasteiger partial charge in [0.25, 0.3) is 0 Å². The van der Waals surface area contributed by atoms with E-state index >= 15 is 0 Å². The second-order valence-electron chi connectivity index (χ2n) is 5.32. The molecule has 1 saturated heterocycles. The third-order valence-electron chi connectivity index (χ3n) is 3.65. The van der Waals surface area contributed by atoms with E-state index in [1.807, 2.05) is 36.1 Å². The van der Waals surface area contributed by atoms with E-state index in [-0.39, 0.29) is 5.91 Å². The minimum absolute atomic E-state index is 0.0806. The van der Waals surface area contributed by atoms with Crippen LogP contribution in [0.1, 0.15) is 17.5 Å². The van der Waals surface area contributed by atoms with Gasteiger partial charge in [-0.1, -0.05) is 23.7 Å². The van der Waals surface area contributed by atoms with E-state index in [2.05, 4.69) is 11.9 Å². The Morgan fingerprint density at radius 2 is 2.05 bits per heavy atom. The molecule has 1 fully saturated rings. The average Bonchev–Trinajstić information content (AvgIpc) is 2.64. The Morgan fingerprint density at radius 3 is 2.80 bits per heavy atom. The fraction of sp³-hybridized carbons (Fsp3) is 0.438. The van der Waals surface area contributed by atoms with Gasteiger partial charge in [0.1, 0.15) is 0 Å². The summed E-state index contributed by atoms with van der Waals surface area (Å²) in [6.07, 6.45) is 4.51. The second kappa shape index (κ2) is 6.91. The van der Waals surface area contributed by atoms with E-state index < -0.39 is 0 Å². The predicted molar refractivity (Wildman–Crippen MR) is 83.9 cm³/mol. The van der Waals surface area contributed by atoms with E-state index in [1.54, 1.807) is 6.08 Å². The summed E-state index contributed by atoms with van der Waals surface area (Å²) in [5, 5.41) is 0.732. The molecular formula is C16H21ClN2O. The van der Waals surface area contributed by atoms with Gasteiger partial charge >= 0.3 is 0 Å². The summed E-state index contributed by atoms with van der Waals surface area (Å²) in [5.41, 5.74) is 2.01. The number of halogens is 1. The highest BCUT2D eigenvalue weighted by Gasteiger charge is 2.14. The Balaban J connectivity index is 1.99. The summed E-state index contributed by atoms with van der Waals surface area (Å²) in [7, 11) is 2.10. The monoisotopic (exact) mass is 292 g/mol. The molecule has 2 rings (SSSR count). The maximum atomic E-state index is 12.2. The van der Waals surface area contributed by atoms with Crippen molar-refractivity contribution in [2.75, 3.05) is 33.2 Å². The van der Waals surface area contributed by atoms with Crippen molar-refractivity contribution in [1.82, 2.24) is 9.80 Å². The molecule has 1 aromatic rings. The lowest BCUT2D eigenvalue weighted by Gasteiger charge is -2.18. The SMILES string of the molecule is Cc1ccc(/C=C/C(=O)N2CCCN(C)CC2)cc1Cl. The molecule has 1 aliphatic heterocycles. The predicted octanol–water partition coefficient (Wildman–Crippen LogP) is 2.83. The number of hydrogen-bond donors (Lipinski definition) is 0. The number of carbonyl (C=O) groups excluding carboxylic acids is 1. The largest absolute Gasteiger partial charge is 0.338 e. The van der Waals surface area contributed by atoms with Crippen LogP contribution in [0.3, 0.4) is 0 Å². The van der Waals surface area contributed by atoms with E-state index in [4.69, 9.17) is 11.6 Å². The fourth-order valence-corrected chi connectivity index (χ4v) is 2.44. The van der Waals surface area contributed by atoms with Crippen LogP contribution in [-0.2, 0) is 4.79 Å². The number of carbonyl (C=O) groups is 1. The van der Waals surface area contributed by atoms with Crippen molar-refractivity contribution in [3.8, 4) is 0 Å². The van der Waals surface area contributed by atoms with Crippen LogP contribution in [0, 0.1) is 6.92 Å². The Bertz CT molecular complexity index is 513. The smallest absolute Gasteiger partial charge is 0.246 e. The molecule has 3 nitrogen and oxygen atoms in total. The molecule has 0 saturated carbocycles. The van der Waals surface area contributed by atoms with Gasteiger partial charge in [0.2, 0.25) is 5.91 Å². The molecule has 0 aromatic heterocycles. The lowest BCUT2D eigenvalue weighted by Crippen LogP contribution is -2.33. The molecular weight excluding hydrogens is 272 g/mol. The highest BCUT2D eigenvalue weighted by atomic mass is 35.5. The number of aryl methyl sites for hydroxylation is 1. The quantitative estimate of drug-likeness (QED) is 0.783. The zero-order chi connectivity index (χ0) is 14.5. The van der Waals surface area contributed by atoms with Crippen LogP contribution < -0.4 is 0 Å². The van der Waals surface area contributed by atoms with Gasteiger partial charge in [-0.15, -0.1) is 0 Å². The Kier molecular flexibility index (Phi) is 5.21. The number of hydrogen-bond acceptors (Lipinski definition) is 2. The summed E-state index contributed by atoms with van der Waals surface area (Å²) >= 11 is 6.08. The molecule has 4 heteroatoms. The van der Waals surface area contributed by atoms with Crippen molar-refractivity contribution >= 4 is 23.6 Å². The molecule has 1 heterocycles. The number of amides is 1.